The van der Waals surface area contributed by atoms with Crippen LogP contribution < -0.4 is 5.32 Å². The monoisotopic (exact) mass is 428 g/mol. The van der Waals surface area contributed by atoms with Crippen LogP contribution >= 0.6 is 0 Å². The number of benzene rings is 2. The average Bonchev–Trinajstić information content (AvgIpc) is 2.75. The van der Waals surface area contributed by atoms with Crippen molar-refractivity contribution in [3.63, 3.8) is 0 Å². The maximum Gasteiger partial charge on any atom is 0.254 e. The van der Waals surface area contributed by atoms with Gasteiger partial charge in [0.15, 0.2) is 5.60 Å². The van der Waals surface area contributed by atoms with Crippen LogP contribution in [0.2, 0.25) is 0 Å². The van der Waals surface area contributed by atoms with Crippen LogP contribution in [0, 0.1) is 5.82 Å². The van der Waals surface area contributed by atoms with Crippen molar-refractivity contribution >= 4 is 11.8 Å². The topological polar surface area (TPSA) is 67.9 Å². The van der Waals surface area contributed by atoms with Crippen molar-refractivity contribution in [2.75, 3.05) is 33.4 Å². The molecule has 0 radical (unpaired) electrons. The normalized spacial score (nSPS) is 18.8. The molecule has 2 aromatic carbocycles. The number of nitrogens with one attached hydrogen (secondary N) is 1. The number of carbonyl (C=O) groups excluding carboxylic acids is 2. The second-order valence-corrected chi connectivity index (χ2v) is 8.06. The first-order valence-corrected chi connectivity index (χ1v) is 10.4. The van der Waals surface area contributed by atoms with E-state index in [1.54, 1.807) is 17.0 Å². The predicted octanol–water partition coefficient (Wildman–Crippen LogP) is 2.80. The molecule has 0 bridgehead atoms. The van der Waals surface area contributed by atoms with Crippen molar-refractivity contribution in [2.45, 2.75) is 31.9 Å². The maximum atomic E-state index is 13.4. The zero-order chi connectivity index (χ0) is 22.4. The van der Waals surface area contributed by atoms with Gasteiger partial charge in [-0.05, 0) is 42.7 Å². The highest BCUT2D eigenvalue weighted by Crippen LogP contribution is 2.31. The summed E-state index contributed by atoms with van der Waals surface area (Å²) < 4.78 is 24.5. The first kappa shape index (κ1) is 22.9. The first-order valence-electron chi connectivity index (χ1n) is 10.4. The molecule has 7 heteroatoms. The number of rotatable bonds is 7. The van der Waals surface area contributed by atoms with Crippen molar-refractivity contribution in [1.29, 1.82) is 0 Å². The number of halogens is 1. The molecule has 2 amide bonds. The van der Waals surface area contributed by atoms with E-state index in [9.17, 15) is 14.0 Å². The lowest BCUT2D eigenvalue weighted by Crippen LogP contribution is -2.63. The van der Waals surface area contributed by atoms with Crippen LogP contribution in [0.3, 0.4) is 0 Å². The van der Waals surface area contributed by atoms with Gasteiger partial charge in [0.1, 0.15) is 12.4 Å². The third kappa shape index (κ3) is 5.48. The van der Waals surface area contributed by atoms with Crippen LogP contribution in [0.15, 0.2) is 48.5 Å². The van der Waals surface area contributed by atoms with E-state index in [1.807, 2.05) is 38.1 Å². The summed E-state index contributed by atoms with van der Waals surface area (Å²) in [7, 11) is 1.47. The Kier molecular flexibility index (Phi) is 7.41. The van der Waals surface area contributed by atoms with E-state index in [4.69, 9.17) is 9.47 Å². The van der Waals surface area contributed by atoms with Crippen molar-refractivity contribution in [3.8, 4) is 11.1 Å². The second kappa shape index (κ2) is 10.0. The number of morpholine rings is 1. The highest BCUT2D eigenvalue weighted by atomic mass is 19.1. The van der Waals surface area contributed by atoms with Gasteiger partial charge in [0.25, 0.3) is 5.91 Å². The zero-order valence-electron chi connectivity index (χ0n) is 18.2. The predicted molar refractivity (Wildman–Crippen MR) is 116 cm³/mol. The van der Waals surface area contributed by atoms with E-state index in [0.29, 0.717) is 6.54 Å². The largest absolute Gasteiger partial charge is 0.375 e. The molecule has 1 atom stereocenters. The van der Waals surface area contributed by atoms with Crippen LogP contribution in [0.1, 0.15) is 19.4 Å². The van der Waals surface area contributed by atoms with Crippen LogP contribution in [0.5, 0.6) is 0 Å². The summed E-state index contributed by atoms with van der Waals surface area (Å²) in [5, 5.41) is 2.95. The molecule has 0 unspecified atom stereocenters. The number of methoxy groups -OCH3 is 1. The number of carbonyl (C=O) groups is 2. The standard InChI is InChI=1S/C24H29FN2O4/c1-17(2)26-23(29)24(16-27(12-13-31-24)22(28)15-30-3)14-19-6-4-5-7-21(19)18-8-10-20(25)11-9-18/h4-11,17H,12-16H2,1-3H3,(H,26,29)/t24-/m0/s1. The number of hydrogen-bond donors (Lipinski definition) is 1. The van der Waals surface area contributed by atoms with Gasteiger partial charge in [-0.2, -0.15) is 0 Å². The van der Waals surface area contributed by atoms with Gasteiger partial charge < -0.3 is 19.7 Å². The third-order valence-corrected chi connectivity index (χ3v) is 5.29. The van der Waals surface area contributed by atoms with Crippen molar-refractivity contribution in [2.24, 2.45) is 0 Å². The molecular formula is C24H29FN2O4. The molecule has 1 heterocycles. The first-order chi connectivity index (χ1) is 14.8. The van der Waals surface area contributed by atoms with Crippen LogP contribution in [-0.2, 0) is 25.5 Å². The van der Waals surface area contributed by atoms with Gasteiger partial charge in [-0.3, -0.25) is 9.59 Å². The lowest BCUT2D eigenvalue weighted by atomic mass is 9.87. The average molecular weight is 429 g/mol. The second-order valence-electron chi connectivity index (χ2n) is 8.06. The van der Waals surface area contributed by atoms with Gasteiger partial charge in [0, 0.05) is 26.1 Å². The summed E-state index contributed by atoms with van der Waals surface area (Å²) in [5.74, 6) is -0.748. The number of nitrogens with zero attached hydrogens (tertiary/aromatic N) is 1. The van der Waals surface area contributed by atoms with E-state index in [0.717, 1.165) is 16.7 Å². The number of amides is 2. The van der Waals surface area contributed by atoms with Gasteiger partial charge in [-0.25, -0.2) is 4.39 Å². The molecule has 1 aliphatic rings. The Labute approximate surface area is 182 Å². The summed E-state index contributed by atoms with van der Waals surface area (Å²) in [4.78, 5) is 27.4. The molecule has 0 aromatic heterocycles. The highest BCUT2D eigenvalue weighted by Gasteiger charge is 2.45. The summed E-state index contributed by atoms with van der Waals surface area (Å²) >= 11 is 0. The van der Waals surface area contributed by atoms with E-state index in [-0.39, 0.29) is 49.9 Å². The lowest BCUT2D eigenvalue weighted by Gasteiger charge is -2.42. The van der Waals surface area contributed by atoms with Crippen LogP contribution in [-0.4, -0.2) is 61.8 Å². The van der Waals surface area contributed by atoms with Crippen LogP contribution in [0.25, 0.3) is 11.1 Å². The zero-order valence-corrected chi connectivity index (χ0v) is 18.2. The molecule has 1 N–H and O–H groups in total. The highest BCUT2D eigenvalue weighted by molar-refractivity contribution is 5.88. The Morgan fingerprint density at radius 2 is 1.90 bits per heavy atom. The summed E-state index contributed by atoms with van der Waals surface area (Å²) in [6.07, 6.45) is 0.274. The Balaban J connectivity index is 1.97. The van der Waals surface area contributed by atoms with E-state index in [1.165, 1.54) is 19.2 Å². The summed E-state index contributed by atoms with van der Waals surface area (Å²) in [5.41, 5.74) is 1.39. The van der Waals surface area contributed by atoms with Gasteiger partial charge in [0.2, 0.25) is 5.91 Å². The molecule has 31 heavy (non-hydrogen) atoms. The molecule has 1 saturated heterocycles. The molecule has 6 nitrogen and oxygen atoms in total. The molecule has 0 spiro atoms. The fourth-order valence-corrected chi connectivity index (χ4v) is 3.82. The van der Waals surface area contributed by atoms with Gasteiger partial charge in [0.05, 0.1) is 13.2 Å². The number of ether oxygens (including phenoxy) is 2. The SMILES string of the molecule is COCC(=O)N1CCO[C@](Cc2ccccc2-c2ccc(F)cc2)(C(=O)NC(C)C)C1. The van der Waals surface area contributed by atoms with E-state index >= 15 is 0 Å². The molecule has 3 rings (SSSR count). The minimum Gasteiger partial charge on any atom is -0.375 e. The maximum absolute atomic E-state index is 13.4. The molecule has 0 saturated carbocycles. The quantitative estimate of drug-likeness (QED) is 0.737. The Bertz CT molecular complexity index is 916. The Hall–Kier alpha value is -2.77. The molecule has 166 valence electrons. The minimum absolute atomic E-state index is 0.0476. The smallest absolute Gasteiger partial charge is 0.254 e. The summed E-state index contributed by atoms with van der Waals surface area (Å²) in [6, 6.07) is 13.8. The fraction of sp³-hybridized carbons (Fsp3) is 0.417. The molecular weight excluding hydrogens is 399 g/mol. The van der Waals surface area contributed by atoms with Crippen molar-refractivity contribution in [3.05, 3.63) is 59.9 Å². The molecule has 1 fully saturated rings. The third-order valence-electron chi connectivity index (χ3n) is 5.29. The molecule has 2 aromatic rings. The van der Waals surface area contributed by atoms with Crippen molar-refractivity contribution in [1.82, 2.24) is 10.2 Å². The lowest BCUT2D eigenvalue weighted by molar-refractivity contribution is -0.167. The van der Waals surface area contributed by atoms with Gasteiger partial charge >= 0.3 is 0 Å². The Morgan fingerprint density at radius 1 is 1.19 bits per heavy atom. The molecule has 1 aliphatic heterocycles. The summed E-state index contributed by atoms with van der Waals surface area (Å²) in [6.45, 7) is 4.50. The van der Waals surface area contributed by atoms with E-state index in [2.05, 4.69) is 5.32 Å². The van der Waals surface area contributed by atoms with Gasteiger partial charge in [-0.1, -0.05) is 36.4 Å². The van der Waals surface area contributed by atoms with E-state index < -0.39 is 5.60 Å². The van der Waals surface area contributed by atoms with Gasteiger partial charge in [-0.15, -0.1) is 0 Å². The Morgan fingerprint density at radius 3 is 2.58 bits per heavy atom. The molecule has 0 aliphatic carbocycles. The van der Waals surface area contributed by atoms with Crippen molar-refractivity contribution < 1.29 is 23.5 Å². The minimum atomic E-state index is -1.23. The number of hydrogen-bond acceptors (Lipinski definition) is 4. The van der Waals surface area contributed by atoms with Crippen LogP contribution in [0.4, 0.5) is 4.39 Å². The fourth-order valence-electron chi connectivity index (χ4n) is 3.82.